The summed E-state index contributed by atoms with van der Waals surface area (Å²) in [5, 5.41) is 5.62. The van der Waals surface area contributed by atoms with Gasteiger partial charge in [-0.3, -0.25) is 14.0 Å². The lowest BCUT2D eigenvalue weighted by molar-refractivity contribution is -0.154. The van der Waals surface area contributed by atoms with Crippen molar-refractivity contribution >= 4 is 21.9 Å². The Morgan fingerprint density at radius 2 is 1.83 bits per heavy atom. The number of alkyl halides is 3. The molecule has 2 aromatic carbocycles. The maximum Gasteiger partial charge on any atom is 0.422 e. The van der Waals surface area contributed by atoms with E-state index in [0.29, 0.717) is 22.2 Å². The number of hydrogen-bond acceptors (Lipinski definition) is 5. The van der Waals surface area contributed by atoms with Crippen molar-refractivity contribution in [2.24, 2.45) is 7.05 Å². The van der Waals surface area contributed by atoms with E-state index in [0.717, 1.165) is 10.9 Å². The Balaban J connectivity index is 1.69. The van der Waals surface area contributed by atoms with Crippen LogP contribution in [0.15, 0.2) is 71.7 Å². The second kappa shape index (κ2) is 8.46. The molecule has 0 saturated heterocycles. The van der Waals surface area contributed by atoms with Gasteiger partial charge in [0.15, 0.2) is 12.3 Å². The van der Waals surface area contributed by atoms with Gasteiger partial charge in [0, 0.05) is 35.6 Å². The maximum atomic E-state index is 13.8. The zero-order valence-electron chi connectivity index (χ0n) is 21.2. The average Bonchev–Trinajstić information content (AvgIpc) is 3.21. The Kier molecular flexibility index (Phi) is 4.60. The van der Waals surface area contributed by atoms with E-state index in [-0.39, 0.29) is 17.3 Å². The first-order chi connectivity index (χ1) is 17.9. The largest absolute Gasteiger partial charge is 0.497 e. The van der Waals surface area contributed by atoms with Crippen LogP contribution in [0.1, 0.15) is 4.11 Å². The van der Waals surface area contributed by atoms with Gasteiger partial charge in [-0.15, -0.1) is 0 Å². The minimum Gasteiger partial charge on any atom is -0.497 e. The van der Waals surface area contributed by atoms with Crippen molar-refractivity contribution in [2.45, 2.75) is 6.18 Å². The number of fused-ring (bicyclic) bond motifs is 2. The number of halogens is 3. The molecule has 0 radical (unpaired) electrons. The van der Waals surface area contributed by atoms with Gasteiger partial charge in [0.1, 0.15) is 5.75 Å². The van der Waals surface area contributed by atoms with Crippen LogP contribution in [0.4, 0.5) is 13.2 Å². The van der Waals surface area contributed by atoms with Gasteiger partial charge in [-0.2, -0.15) is 23.3 Å². The van der Waals surface area contributed by atoms with Gasteiger partial charge >= 0.3 is 6.18 Å². The van der Waals surface area contributed by atoms with Gasteiger partial charge in [-0.05, 0) is 54.1 Å². The molecule has 10 heteroatoms. The van der Waals surface area contributed by atoms with Gasteiger partial charge in [-0.1, -0.05) is 6.07 Å². The van der Waals surface area contributed by atoms with Crippen LogP contribution < -0.4 is 15.0 Å². The molecule has 0 aliphatic rings. The van der Waals surface area contributed by atoms with Crippen molar-refractivity contribution in [2.75, 3.05) is 13.6 Å². The van der Waals surface area contributed by atoms with Crippen molar-refractivity contribution in [3.8, 4) is 28.4 Å². The zero-order chi connectivity index (χ0) is 27.2. The first kappa shape index (κ1) is 19.0. The number of methoxy groups -OCH3 is 1. The van der Waals surface area contributed by atoms with Crippen LogP contribution in [-0.4, -0.2) is 39.2 Å². The first-order valence-electron chi connectivity index (χ1n) is 11.9. The highest BCUT2D eigenvalue weighted by atomic mass is 19.4. The van der Waals surface area contributed by atoms with Crippen LogP contribution in [0.5, 0.6) is 11.6 Å². The molecule has 0 saturated carbocycles. The number of aromatic nitrogens is 4. The molecule has 0 unspecified atom stereocenters. The molecule has 3 aromatic heterocycles. The highest BCUT2D eigenvalue weighted by Gasteiger charge is 2.28. The Morgan fingerprint density at radius 1 is 1.03 bits per heavy atom. The summed E-state index contributed by atoms with van der Waals surface area (Å²) in [6, 6.07) is 15.4. The zero-order valence-corrected chi connectivity index (χ0v) is 18.2. The summed E-state index contributed by atoms with van der Waals surface area (Å²) in [7, 11) is -0.880. The van der Waals surface area contributed by atoms with E-state index in [2.05, 4.69) is 10.1 Å². The van der Waals surface area contributed by atoms with Crippen LogP contribution in [-0.2, 0) is 7.05 Å². The summed E-state index contributed by atoms with van der Waals surface area (Å²) in [6.07, 6.45) is -2.75. The van der Waals surface area contributed by atoms with Crippen LogP contribution >= 0.6 is 0 Å². The number of benzene rings is 2. The van der Waals surface area contributed by atoms with E-state index >= 15 is 0 Å². The van der Waals surface area contributed by atoms with Crippen molar-refractivity contribution in [3.63, 3.8) is 0 Å². The lowest BCUT2D eigenvalue weighted by Gasteiger charge is -2.15. The third-order valence-electron chi connectivity index (χ3n) is 5.35. The van der Waals surface area contributed by atoms with Gasteiger partial charge in [-0.25, -0.2) is 0 Å². The smallest absolute Gasteiger partial charge is 0.422 e. The number of pyridine rings is 2. The van der Waals surface area contributed by atoms with Gasteiger partial charge < -0.3 is 9.47 Å². The van der Waals surface area contributed by atoms with Crippen molar-refractivity contribution in [3.05, 3.63) is 77.2 Å². The fourth-order valence-electron chi connectivity index (χ4n) is 3.83. The first-order valence-corrected chi connectivity index (χ1v) is 10.4. The van der Waals surface area contributed by atoms with Crippen molar-refractivity contribution in [1.82, 2.24) is 19.3 Å². The number of aryl methyl sites for hydroxylation is 1. The van der Waals surface area contributed by atoms with E-state index in [9.17, 15) is 18.0 Å². The van der Waals surface area contributed by atoms with Crippen LogP contribution in [0, 0.1) is 0 Å². The normalized spacial score (nSPS) is 13.4. The highest BCUT2D eigenvalue weighted by Crippen LogP contribution is 2.27. The fraction of sp³-hybridized carbons (Fsp3) is 0.160. The molecule has 7 nitrogen and oxygen atoms in total. The molecule has 5 rings (SSSR count). The van der Waals surface area contributed by atoms with Gasteiger partial charge in [0.05, 0.1) is 22.4 Å². The molecule has 5 aromatic rings. The number of nitrogens with zero attached hydrogens (tertiary/aromatic N) is 4. The molecule has 0 aliphatic heterocycles. The average molecular weight is 483 g/mol. The minimum atomic E-state index is -4.57. The molecule has 0 fully saturated rings. The predicted molar refractivity (Wildman–Crippen MR) is 125 cm³/mol. The van der Waals surface area contributed by atoms with E-state index in [4.69, 9.17) is 13.6 Å². The molecule has 0 amide bonds. The van der Waals surface area contributed by atoms with Crippen LogP contribution in [0.2, 0.25) is 0 Å². The topological polar surface area (TPSA) is 71.2 Å². The Morgan fingerprint density at radius 3 is 2.57 bits per heavy atom. The summed E-state index contributed by atoms with van der Waals surface area (Å²) in [4.78, 5) is 18.0. The molecule has 0 bridgehead atoms. The summed E-state index contributed by atoms with van der Waals surface area (Å²) in [5.74, 6) is -0.263. The summed E-state index contributed by atoms with van der Waals surface area (Å²) < 4.78 is 72.5. The standard InChI is InChI=1S/C25H19F3N4O3/c1-31-13-17-11-15(3-9-21(17)30-31)20-12-16-4-10-22(35-14-25(26,27)28)29-23(16)32(24(20)33)18-5-7-19(34-2)8-6-18/h3-13H,14H2,1-2H3/i2D3. The number of hydrogen-bond donors (Lipinski definition) is 0. The summed E-state index contributed by atoms with van der Waals surface area (Å²) >= 11 is 0. The lowest BCUT2D eigenvalue weighted by Crippen LogP contribution is -2.22. The summed E-state index contributed by atoms with van der Waals surface area (Å²) in [5.41, 5.74) is 1.52. The van der Waals surface area contributed by atoms with Crippen LogP contribution in [0.3, 0.4) is 0 Å². The molecular weight excluding hydrogens is 461 g/mol. The highest BCUT2D eigenvalue weighted by molar-refractivity contribution is 5.88. The third kappa shape index (κ3) is 4.42. The van der Waals surface area contributed by atoms with E-state index in [1.807, 2.05) is 12.3 Å². The maximum absolute atomic E-state index is 13.8. The van der Waals surface area contributed by atoms with E-state index < -0.39 is 25.4 Å². The third-order valence-corrected chi connectivity index (χ3v) is 5.35. The molecule has 35 heavy (non-hydrogen) atoms. The minimum absolute atomic E-state index is 0.0476. The van der Waals surface area contributed by atoms with Gasteiger partial charge in [0.2, 0.25) is 5.88 Å². The molecule has 178 valence electrons. The molecule has 0 spiro atoms. The molecule has 0 atom stereocenters. The SMILES string of the molecule is [2H]C([2H])([2H])Oc1ccc(-n2c(=O)c(-c3ccc4nn(C)cc4c3)cc3ccc(OCC(F)(F)F)nc32)cc1. The number of ether oxygens (including phenoxy) is 2. The van der Waals surface area contributed by atoms with Crippen molar-refractivity contribution in [1.29, 1.82) is 0 Å². The monoisotopic (exact) mass is 483 g/mol. The Bertz CT molecular complexity index is 1710. The second-order valence-electron chi connectivity index (χ2n) is 7.84. The molecule has 0 N–H and O–H groups in total. The summed E-state index contributed by atoms with van der Waals surface area (Å²) in [6.45, 7) is -1.54. The Hall–Kier alpha value is -4.34. The van der Waals surface area contributed by atoms with Crippen molar-refractivity contribution < 1.29 is 26.8 Å². The molecular formula is C25H19F3N4O3. The lowest BCUT2D eigenvalue weighted by atomic mass is 10.0. The van der Waals surface area contributed by atoms with Gasteiger partial charge in [0.25, 0.3) is 5.56 Å². The van der Waals surface area contributed by atoms with E-state index in [1.165, 1.54) is 41.0 Å². The molecule has 0 aliphatic carbocycles. The molecule has 3 heterocycles. The fourth-order valence-corrected chi connectivity index (χ4v) is 3.83. The quantitative estimate of drug-likeness (QED) is 0.356. The van der Waals surface area contributed by atoms with Crippen LogP contribution in [0.25, 0.3) is 38.8 Å². The number of rotatable bonds is 5. The van der Waals surface area contributed by atoms with E-state index in [1.54, 1.807) is 29.9 Å². The predicted octanol–water partition coefficient (Wildman–Crippen LogP) is 4.89. The Labute approximate surface area is 201 Å². The second-order valence-corrected chi connectivity index (χ2v) is 7.84.